The number of rotatable bonds is 3. The Morgan fingerprint density at radius 2 is 1.96 bits per heavy atom. The third-order valence-corrected chi connectivity index (χ3v) is 4.59. The van der Waals surface area contributed by atoms with Crippen LogP contribution in [0.25, 0.3) is 10.2 Å². The van der Waals surface area contributed by atoms with Crippen LogP contribution in [0.5, 0.6) is 0 Å². The molecule has 9 heteroatoms. The van der Waals surface area contributed by atoms with Crippen molar-refractivity contribution in [3.8, 4) is 0 Å². The fourth-order valence-corrected chi connectivity index (χ4v) is 3.32. The van der Waals surface area contributed by atoms with E-state index in [1.165, 1.54) is 24.5 Å². The zero-order chi connectivity index (χ0) is 17.5. The van der Waals surface area contributed by atoms with Gasteiger partial charge in [0.1, 0.15) is 21.9 Å². The molecular weight excluding hydrogens is 343 g/mol. The van der Waals surface area contributed by atoms with Crippen molar-refractivity contribution >= 4 is 39.0 Å². The van der Waals surface area contributed by atoms with Gasteiger partial charge in [-0.3, -0.25) is 0 Å². The molecule has 5 nitrogen and oxygen atoms in total. The standard InChI is InChI=1S/C15H10F3N3O2S/c1-7-10-12(19-6-20-13(10)24-11(7)14(22)23)21-9-5-3-2-4-8(9)15(16,17)18/h2-6H,1H3,(H,22,23)(H,19,20,21). The summed E-state index contributed by atoms with van der Waals surface area (Å²) in [6, 6.07) is 5.02. The Bertz CT molecular complexity index is 937. The summed E-state index contributed by atoms with van der Waals surface area (Å²) in [6.45, 7) is 1.58. The van der Waals surface area contributed by atoms with Crippen molar-refractivity contribution in [3.05, 3.63) is 46.6 Å². The van der Waals surface area contributed by atoms with Crippen molar-refractivity contribution < 1.29 is 23.1 Å². The molecule has 124 valence electrons. The summed E-state index contributed by atoms with van der Waals surface area (Å²) < 4.78 is 39.3. The van der Waals surface area contributed by atoms with E-state index in [2.05, 4.69) is 15.3 Å². The van der Waals surface area contributed by atoms with Crippen molar-refractivity contribution in [3.63, 3.8) is 0 Å². The molecule has 2 heterocycles. The van der Waals surface area contributed by atoms with Crippen LogP contribution in [0.4, 0.5) is 24.7 Å². The third kappa shape index (κ3) is 2.78. The summed E-state index contributed by atoms with van der Waals surface area (Å²) in [6.07, 6.45) is -3.34. The number of aromatic nitrogens is 2. The number of alkyl halides is 3. The minimum Gasteiger partial charge on any atom is -0.477 e. The number of nitrogens with zero attached hydrogens (tertiary/aromatic N) is 2. The summed E-state index contributed by atoms with van der Waals surface area (Å²) >= 11 is 0.954. The molecule has 0 bridgehead atoms. The van der Waals surface area contributed by atoms with Crippen molar-refractivity contribution in [1.82, 2.24) is 9.97 Å². The minimum absolute atomic E-state index is 0.0812. The second kappa shape index (κ2) is 5.75. The number of anilines is 2. The molecule has 0 aliphatic heterocycles. The molecule has 0 spiro atoms. The lowest BCUT2D eigenvalue weighted by Gasteiger charge is -2.14. The van der Waals surface area contributed by atoms with Crippen LogP contribution in [0.2, 0.25) is 0 Å². The highest BCUT2D eigenvalue weighted by atomic mass is 32.1. The van der Waals surface area contributed by atoms with Crippen molar-refractivity contribution in [1.29, 1.82) is 0 Å². The highest BCUT2D eigenvalue weighted by Gasteiger charge is 2.33. The van der Waals surface area contributed by atoms with Gasteiger partial charge in [0, 0.05) is 0 Å². The molecule has 0 atom stereocenters. The summed E-state index contributed by atoms with van der Waals surface area (Å²) in [5.74, 6) is -0.977. The van der Waals surface area contributed by atoms with Crippen LogP contribution >= 0.6 is 11.3 Å². The Balaban J connectivity index is 2.14. The lowest BCUT2D eigenvalue weighted by molar-refractivity contribution is -0.136. The summed E-state index contributed by atoms with van der Waals surface area (Å²) in [7, 11) is 0. The maximum absolute atomic E-state index is 13.1. The summed E-state index contributed by atoms with van der Waals surface area (Å²) in [5.41, 5.74) is -0.578. The maximum Gasteiger partial charge on any atom is 0.418 e. The Morgan fingerprint density at radius 1 is 1.25 bits per heavy atom. The predicted octanol–water partition coefficient (Wildman–Crippen LogP) is 4.46. The number of aryl methyl sites for hydroxylation is 1. The summed E-state index contributed by atoms with van der Waals surface area (Å²) in [4.78, 5) is 19.7. The fourth-order valence-electron chi connectivity index (χ4n) is 2.34. The molecule has 0 unspecified atom stereocenters. The first kappa shape index (κ1) is 16.2. The molecule has 1 aromatic carbocycles. The average Bonchev–Trinajstić information content (AvgIpc) is 2.85. The number of fused-ring (bicyclic) bond motifs is 1. The number of carboxylic acid groups (broad SMARTS) is 1. The average molecular weight is 353 g/mol. The number of aromatic carboxylic acids is 1. The smallest absolute Gasteiger partial charge is 0.418 e. The number of carboxylic acids is 1. The number of hydrogen-bond donors (Lipinski definition) is 2. The van der Waals surface area contributed by atoms with E-state index < -0.39 is 17.7 Å². The zero-order valence-corrected chi connectivity index (χ0v) is 13.0. The normalized spacial score (nSPS) is 11.7. The molecule has 0 aliphatic rings. The van der Waals surface area contributed by atoms with Gasteiger partial charge in [0.25, 0.3) is 0 Å². The summed E-state index contributed by atoms with van der Waals surface area (Å²) in [5, 5.41) is 12.2. The van der Waals surface area contributed by atoms with E-state index in [9.17, 15) is 23.1 Å². The molecule has 3 aromatic rings. The lowest BCUT2D eigenvalue weighted by Crippen LogP contribution is -2.09. The van der Waals surface area contributed by atoms with Gasteiger partial charge < -0.3 is 10.4 Å². The number of hydrogen-bond acceptors (Lipinski definition) is 5. The maximum atomic E-state index is 13.1. The number of halogens is 3. The van der Waals surface area contributed by atoms with Gasteiger partial charge in [-0.2, -0.15) is 13.2 Å². The molecule has 0 saturated heterocycles. The van der Waals surface area contributed by atoms with Crippen LogP contribution in [0.1, 0.15) is 20.8 Å². The molecule has 2 aromatic heterocycles. The van der Waals surface area contributed by atoms with Crippen LogP contribution in [-0.4, -0.2) is 21.0 Å². The second-order valence-corrected chi connectivity index (χ2v) is 5.93. The number of para-hydroxylation sites is 1. The van der Waals surface area contributed by atoms with Gasteiger partial charge in [0.2, 0.25) is 0 Å². The van der Waals surface area contributed by atoms with E-state index in [1.54, 1.807) is 6.92 Å². The van der Waals surface area contributed by atoms with Gasteiger partial charge >= 0.3 is 12.1 Å². The third-order valence-electron chi connectivity index (χ3n) is 3.41. The van der Waals surface area contributed by atoms with E-state index in [0.29, 0.717) is 15.8 Å². The highest BCUT2D eigenvalue weighted by molar-refractivity contribution is 7.20. The van der Waals surface area contributed by atoms with E-state index >= 15 is 0 Å². The van der Waals surface area contributed by atoms with Gasteiger partial charge in [0.05, 0.1) is 16.6 Å². The first-order valence-electron chi connectivity index (χ1n) is 6.69. The predicted molar refractivity (Wildman–Crippen MR) is 83.8 cm³/mol. The largest absolute Gasteiger partial charge is 0.477 e. The highest BCUT2D eigenvalue weighted by Crippen LogP contribution is 2.38. The number of nitrogens with one attached hydrogen (secondary N) is 1. The molecule has 0 amide bonds. The van der Waals surface area contributed by atoms with Gasteiger partial charge in [0.15, 0.2) is 0 Å². The number of thiophene rings is 1. The Kier molecular flexibility index (Phi) is 3.88. The fraction of sp³-hybridized carbons (Fsp3) is 0.133. The number of carbonyl (C=O) groups is 1. The molecule has 0 fully saturated rings. The van der Waals surface area contributed by atoms with Gasteiger partial charge in [-0.15, -0.1) is 11.3 Å². The second-order valence-electron chi connectivity index (χ2n) is 4.93. The van der Waals surface area contributed by atoms with Crippen molar-refractivity contribution in [2.75, 3.05) is 5.32 Å². The minimum atomic E-state index is -4.52. The SMILES string of the molecule is Cc1c(C(=O)O)sc2ncnc(Nc3ccccc3C(F)(F)F)c12. The Hall–Kier alpha value is -2.68. The topological polar surface area (TPSA) is 75.1 Å². The van der Waals surface area contributed by atoms with Crippen LogP contribution in [-0.2, 0) is 6.18 Å². The van der Waals surface area contributed by atoms with E-state index in [0.717, 1.165) is 17.4 Å². The molecule has 3 rings (SSSR count). The van der Waals surface area contributed by atoms with Gasteiger partial charge in [-0.25, -0.2) is 14.8 Å². The van der Waals surface area contributed by atoms with E-state index in [-0.39, 0.29) is 16.4 Å². The van der Waals surface area contributed by atoms with Crippen LogP contribution in [0.15, 0.2) is 30.6 Å². The van der Waals surface area contributed by atoms with Gasteiger partial charge in [-0.1, -0.05) is 12.1 Å². The number of benzene rings is 1. The first-order chi connectivity index (χ1) is 11.3. The molecule has 2 N–H and O–H groups in total. The van der Waals surface area contributed by atoms with Crippen LogP contribution < -0.4 is 5.32 Å². The first-order valence-corrected chi connectivity index (χ1v) is 7.51. The molecule has 0 radical (unpaired) electrons. The van der Waals surface area contributed by atoms with Gasteiger partial charge in [-0.05, 0) is 24.6 Å². The van der Waals surface area contributed by atoms with E-state index in [4.69, 9.17) is 0 Å². The lowest BCUT2D eigenvalue weighted by atomic mass is 10.1. The van der Waals surface area contributed by atoms with Crippen LogP contribution in [0.3, 0.4) is 0 Å². The Labute approximate surface area is 137 Å². The monoisotopic (exact) mass is 353 g/mol. The molecule has 0 saturated carbocycles. The van der Waals surface area contributed by atoms with Crippen LogP contribution in [0, 0.1) is 6.92 Å². The molecule has 24 heavy (non-hydrogen) atoms. The zero-order valence-electron chi connectivity index (χ0n) is 12.2. The molecule has 0 aliphatic carbocycles. The molecular formula is C15H10F3N3O2S. The van der Waals surface area contributed by atoms with E-state index in [1.807, 2.05) is 0 Å². The quantitative estimate of drug-likeness (QED) is 0.727. The van der Waals surface area contributed by atoms with Crippen molar-refractivity contribution in [2.24, 2.45) is 0 Å². The van der Waals surface area contributed by atoms with Crippen molar-refractivity contribution in [2.45, 2.75) is 13.1 Å². The Morgan fingerprint density at radius 3 is 2.62 bits per heavy atom.